The lowest BCUT2D eigenvalue weighted by molar-refractivity contribution is 0.242. The zero-order chi connectivity index (χ0) is 18.7. The molecule has 26 heavy (non-hydrogen) atoms. The number of benzene rings is 3. The van der Waals surface area contributed by atoms with Crippen LogP contribution in [0.5, 0.6) is 5.75 Å². The van der Waals surface area contributed by atoms with Gasteiger partial charge in [0.2, 0.25) is 0 Å². The molecule has 0 saturated carbocycles. The molecule has 0 heterocycles. The molecule has 0 unspecified atom stereocenters. The molecule has 0 aliphatic heterocycles. The highest BCUT2D eigenvalue weighted by Crippen LogP contribution is 2.34. The van der Waals surface area contributed by atoms with Crippen molar-refractivity contribution in [3.05, 3.63) is 75.8 Å². The first-order chi connectivity index (χ1) is 12.5. The third kappa shape index (κ3) is 3.85. The maximum atomic E-state index is 9.73. The molecule has 3 aromatic rings. The van der Waals surface area contributed by atoms with Crippen molar-refractivity contribution in [2.75, 3.05) is 0 Å². The smallest absolute Gasteiger partial charge is 0.127 e. The van der Waals surface area contributed by atoms with E-state index in [0.717, 1.165) is 22.1 Å². The summed E-state index contributed by atoms with van der Waals surface area (Å²) in [5.74, 6) is 0.733. The molecule has 0 aliphatic carbocycles. The lowest BCUT2D eigenvalue weighted by Crippen LogP contribution is -2.06. The summed E-state index contributed by atoms with van der Waals surface area (Å²) in [5.41, 5.74) is 1.96. The largest absolute Gasteiger partial charge is 0.490 e. The highest BCUT2D eigenvalue weighted by Gasteiger charge is 2.12. The van der Waals surface area contributed by atoms with E-state index >= 15 is 0 Å². The van der Waals surface area contributed by atoms with Crippen LogP contribution in [-0.2, 0) is 0 Å². The van der Waals surface area contributed by atoms with Gasteiger partial charge in [0.05, 0.1) is 22.8 Å². The van der Waals surface area contributed by atoms with Crippen LogP contribution >= 0.6 is 23.2 Å². The van der Waals surface area contributed by atoms with Gasteiger partial charge < -0.3 is 4.74 Å². The number of nitriles is 1. The molecule has 0 saturated heterocycles. The maximum Gasteiger partial charge on any atom is 0.127 e. The number of hydrogen-bond acceptors (Lipinski definition) is 2. The van der Waals surface area contributed by atoms with E-state index in [9.17, 15) is 5.26 Å². The van der Waals surface area contributed by atoms with Crippen LogP contribution in [0.1, 0.15) is 25.0 Å². The fourth-order valence-electron chi connectivity index (χ4n) is 2.80. The van der Waals surface area contributed by atoms with Gasteiger partial charge in [-0.3, -0.25) is 0 Å². The van der Waals surface area contributed by atoms with Crippen LogP contribution in [0.25, 0.3) is 22.4 Å². The van der Waals surface area contributed by atoms with Gasteiger partial charge in [0.15, 0.2) is 0 Å². The first-order valence-electron chi connectivity index (χ1n) is 8.25. The standard InChI is InChI=1S/C22H17Cl2NO/c1-14(2)26-22-10-7-15-5-3-4-6-18(15)20(22)11-16(13-25)19-9-8-17(23)12-21(19)24/h3-12,14H,1-2H3/b16-11+. The van der Waals surface area contributed by atoms with Crippen LogP contribution in [0.2, 0.25) is 10.0 Å². The predicted octanol–water partition coefficient (Wildman–Crippen LogP) is 7.00. The van der Waals surface area contributed by atoms with Gasteiger partial charge in [-0.2, -0.15) is 5.26 Å². The summed E-state index contributed by atoms with van der Waals surface area (Å²) in [7, 11) is 0. The van der Waals surface area contributed by atoms with Crippen LogP contribution in [0.3, 0.4) is 0 Å². The number of hydrogen-bond donors (Lipinski definition) is 0. The monoisotopic (exact) mass is 381 g/mol. The molecule has 0 aliphatic rings. The van der Waals surface area contributed by atoms with Gasteiger partial charge in [0.1, 0.15) is 5.75 Å². The van der Waals surface area contributed by atoms with E-state index in [2.05, 4.69) is 6.07 Å². The first kappa shape index (κ1) is 18.3. The fourth-order valence-corrected chi connectivity index (χ4v) is 3.31. The Morgan fingerprint density at radius 1 is 1.08 bits per heavy atom. The van der Waals surface area contributed by atoms with Crippen LogP contribution in [0.15, 0.2) is 54.6 Å². The second-order valence-electron chi connectivity index (χ2n) is 6.16. The van der Waals surface area contributed by atoms with Crippen molar-refractivity contribution in [1.29, 1.82) is 5.26 Å². The highest BCUT2D eigenvalue weighted by molar-refractivity contribution is 6.36. The summed E-state index contributed by atoms with van der Waals surface area (Å²) in [6.07, 6.45) is 1.85. The van der Waals surface area contributed by atoms with Gasteiger partial charge in [-0.05, 0) is 48.9 Å². The third-order valence-corrected chi connectivity index (χ3v) is 4.47. The lowest BCUT2D eigenvalue weighted by atomic mass is 9.98. The Morgan fingerprint density at radius 2 is 1.85 bits per heavy atom. The van der Waals surface area contributed by atoms with E-state index in [-0.39, 0.29) is 6.10 Å². The minimum absolute atomic E-state index is 0.0213. The molecule has 4 heteroatoms. The Labute approximate surface area is 163 Å². The minimum atomic E-state index is 0.0213. The molecule has 0 fully saturated rings. The molecule has 0 amide bonds. The molecule has 0 spiro atoms. The molecule has 2 nitrogen and oxygen atoms in total. The van der Waals surface area contributed by atoms with E-state index in [1.54, 1.807) is 18.2 Å². The summed E-state index contributed by atoms with van der Waals surface area (Å²) >= 11 is 12.3. The fraction of sp³-hybridized carbons (Fsp3) is 0.136. The van der Waals surface area contributed by atoms with Crippen molar-refractivity contribution in [3.63, 3.8) is 0 Å². The summed E-state index contributed by atoms with van der Waals surface area (Å²) in [4.78, 5) is 0. The molecule has 0 atom stereocenters. The second-order valence-corrected chi connectivity index (χ2v) is 7.00. The zero-order valence-corrected chi connectivity index (χ0v) is 16.0. The van der Waals surface area contributed by atoms with Crippen LogP contribution in [-0.4, -0.2) is 6.10 Å². The minimum Gasteiger partial charge on any atom is -0.490 e. The number of fused-ring (bicyclic) bond motifs is 1. The van der Waals surface area contributed by atoms with Crippen molar-refractivity contribution < 1.29 is 4.74 Å². The molecule has 3 rings (SSSR count). The normalized spacial score (nSPS) is 11.6. The summed E-state index contributed by atoms with van der Waals surface area (Å²) in [6.45, 7) is 3.95. The second kappa shape index (κ2) is 7.83. The number of ether oxygens (including phenoxy) is 1. The SMILES string of the molecule is CC(C)Oc1ccc2ccccc2c1/C=C(\C#N)c1ccc(Cl)cc1Cl. The lowest BCUT2D eigenvalue weighted by Gasteiger charge is -2.15. The summed E-state index contributed by atoms with van der Waals surface area (Å²) in [5, 5.41) is 12.8. The molecule has 0 radical (unpaired) electrons. The average Bonchev–Trinajstić information content (AvgIpc) is 2.61. The van der Waals surface area contributed by atoms with E-state index < -0.39 is 0 Å². The van der Waals surface area contributed by atoms with Crippen molar-refractivity contribution in [2.24, 2.45) is 0 Å². The van der Waals surface area contributed by atoms with E-state index in [0.29, 0.717) is 21.2 Å². The third-order valence-electron chi connectivity index (χ3n) is 3.92. The van der Waals surface area contributed by atoms with Crippen molar-refractivity contribution >= 4 is 45.6 Å². The summed E-state index contributed by atoms with van der Waals surface area (Å²) in [6, 6.07) is 19.3. The Bertz CT molecular complexity index is 1030. The Morgan fingerprint density at radius 3 is 2.54 bits per heavy atom. The molecule has 0 N–H and O–H groups in total. The number of allylic oxidation sites excluding steroid dienone is 1. The number of rotatable bonds is 4. The van der Waals surface area contributed by atoms with Crippen LogP contribution < -0.4 is 4.74 Å². The van der Waals surface area contributed by atoms with E-state index in [1.807, 2.05) is 56.3 Å². The Hall–Kier alpha value is -2.47. The van der Waals surface area contributed by atoms with Gasteiger partial charge in [-0.15, -0.1) is 0 Å². The van der Waals surface area contributed by atoms with E-state index in [1.165, 1.54) is 0 Å². The van der Waals surface area contributed by atoms with Crippen molar-refractivity contribution in [3.8, 4) is 11.8 Å². The first-order valence-corrected chi connectivity index (χ1v) is 9.01. The van der Waals surface area contributed by atoms with Gasteiger partial charge >= 0.3 is 0 Å². The Kier molecular flexibility index (Phi) is 5.52. The average molecular weight is 382 g/mol. The Balaban J connectivity index is 2.24. The molecular formula is C22H17Cl2NO. The predicted molar refractivity (Wildman–Crippen MR) is 110 cm³/mol. The quantitative estimate of drug-likeness (QED) is 0.360. The number of nitrogens with zero attached hydrogens (tertiary/aromatic N) is 1. The molecule has 3 aromatic carbocycles. The van der Waals surface area contributed by atoms with E-state index in [4.69, 9.17) is 27.9 Å². The number of halogens is 2. The van der Waals surface area contributed by atoms with Gasteiger partial charge in [-0.1, -0.05) is 59.6 Å². The molecular weight excluding hydrogens is 365 g/mol. The van der Waals surface area contributed by atoms with Crippen LogP contribution in [0, 0.1) is 11.3 Å². The van der Waals surface area contributed by atoms with Crippen molar-refractivity contribution in [2.45, 2.75) is 20.0 Å². The highest BCUT2D eigenvalue weighted by atomic mass is 35.5. The maximum absolute atomic E-state index is 9.73. The molecule has 0 aromatic heterocycles. The topological polar surface area (TPSA) is 33.0 Å². The van der Waals surface area contributed by atoms with Crippen molar-refractivity contribution in [1.82, 2.24) is 0 Å². The van der Waals surface area contributed by atoms with Gasteiger partial charge in [0.25, 0.3) is 0 Å². The molecule has 130 valence electrons. The van der Waals surface area contributed by atoms with Gasteiger partial charge in [-0.25, -0.2) is 0 Å². The van der Waals surface area contributed by atoms with Gasteiger partial charge in [0, 0.05) is 16.1 Å². The zero-order valence-electron chi connectivity index (χ0n) is 14.5. The van der Waals surface area contributed by atoms with Crippen LogP contribution in [0.4, 0.5) is 0 Å². The summed E-state index contributed by atoms with van der Waals surface area (Å²) < 4.78 is 5.98. The molecule has 0 bridgehead atoms.